The Morgan fingerprint density at radius 2 is 2.16 bits per heavy atom. The highest BCUT2D eigenvalue weighted by Gasteiger charge is 2.13. The van der Waals surface area contributed by atoms with Crippen LogP contribution in [0.25, 0.3) is 0 Å². The van der Waals surface area contributed by atoms with Crippen molar-refractivity contribution in [3.8, 4) is 0 Å². The molecule has 0 saturated carbocycles. The molecule has 0 radical (unpaired) electrons. The number of halogens is 1. The van der Waals surface area contributed by atoms with Crippen molar-refractivity contribution >= 4 is 5.84 Å². The molecule has 0 aliphatic heterocycles. The van der Waals surface area contributed by atoms with Gasteiger partial charge in [-0.1, -0.05) is 6.92 Å². The van der Waals surface area contributed by atoms with Gasteiger partial charge in [-0.05, 0) is 37.2 Å². The molecule has 1 aromatic rings. The SMILES string of the molecule is CCN(Cc1cc(F)cc(C(=N)N)c1)C(C)COC. The Morgan fingerprint density at radius 1 is 1.47 bits per heavy atom. The molecule has 0 spiro atoms. The van der Waals surface area contributed by atoms with Crippen LogP contribution < -0.4 is 5.73 Å². The molecule has 1 unspecified atom stereocenters. The van der Waals surface area contributed by atoms with E-state index in [4.69, 9.17) is 15.9 Å². The molecule has 4 nitrogen and oxygen atoms in total. The smallest absolute Gasteiger partial charge is 0.124 e. The monoisotopic (exact) mass is 267 g/mol. The molecular weight excluding hydrogens is 245 g/mol. The van der Waals surface area contributed by atoms with Crippen molar-refractivity contribution in [1.82, 2.24) is 4.90 Å². The van der Waals surface area contributed by atoms with E-state index in [2.05, 4.69) is 18.7 Å². The third kappa shape index (κ3) is 4.61. The minimum Gasteiger partial charge on any atom is -0.384 e. The summed E-state index contributed by atoms with van der Waals surface area (Å²) in [7, 11) is 1.67. The van der Waals surface area contributed by atoms with Gasteiger partial charge < -0.3 is 10.5 Å². The predicted molar refractivity (Wildman–Crippen MR) is 74.8 cm³/mol. The zero-order valence-corrected chi connectivity index (χ0v) is 11.7. The maximum absolute atomic E-state index is 13.5. The van der Waals surface area contributed by atoms with Crippen molar-refractivity contribution in [2.75, 3.05) is 20.3 Å². The van der Waals surface area contributed by atoms with E-state index in [1.807, 2.05) is 0 Å². The molecule has 5 heteroatoms. The topological polar surface area (TPSA) is 62.3 Å². The number of likely N-dealkylation sites (N-methyl/N-ethyl adjacent to an activating group) is 1. The molecular formula is C14H22FN3O. The van der Waals surface area contributed by atoms with Gasteiger partial charge in [-0.2, -0.15) is 0 Å². The number of rotatable bonds is 7. The van der Waals surface area contributed by atoms with Crippen LogP contribution in [0.15, 0.2) is 18.2 Å². The molecule has 0 bridgehead atoms. The standard InChI is InChI=1S/C14H22FN3O/c1-4-18(10(2)9-19-3)8-11-5-12(14(16)17)7-13(15)6-11/h5-7,10H,4,8-9H2,1-3H3,(H3,16,17). The Bertz CT molecular complexity index is 437. The van der Waals surface area contributed by atoms with Crippen molar-refractivity contribution in [2.45, 2.75) is 26.4 Å². The summed E-state index contributed by atoms with van der Waals surface area (Å²) < 4.78 is 18.6. The summed E-state index contributed by atoms with van der Waals surface area (Å²) in [6.45, 7) is 6.20. The van der Waals surface area contributed by atoms with Crippen LogP contribution in [0.3, 0.4) is 0 Å². The molecule has 1 atom stereocenters. The maximum atomic E-state index is 13.5. The lowest BCUT2D eigenvalue weighted by atomic mass is 10.1. The lowest BCUT2D eigenvalue weighted by Crippen LogP contribution is -2.35. The van der Waals surface area contributed by atoms with E-state index in [0.717, 1.165) is 12.1 Å². The minimum atomic E-state index is -0.363. The zero-order chi connectivity index (χ0) is 14.4. The van der Waals surface area contributed by atoms with Crippen molar-refractivity contribution < 1.29 is 9.13 Å². The Kier molecular flexibility index (Phi) is 5.92. The van der Waals surface area contributed by atoms with Gasteiger partial charge in [0.25, 0.3) is 0 Å². The number of hydrogen-bond donors (Lipinski definition) is 2. The summed E-state index contributed by atoms with van der Waals surface area (Å²) in [5.41, 5.74) is 6.64. The van der Waals surface area contributed by atoms with E-state index < -0.39 is 0 Å². The van der Waals surface area contributed by atoms with E-state index >= 15 is 0 Å². The van der Waals surface area contributed by atoms with Crippen molar-refractivity contribution in [3.63, 3.8) is 0 Å². The second-order valence-electron chi connectivity index (χ2n) is 4.63. The Morgan fingerprint density at radius 3 is 2.68 bits per heavy atom. The molecule has 1 aromatic carbocycles. The van der Waals surface area contributed by atoms with Gasteiger partial charge in [0.15, 0.2) is 0 Å². The van der Waals surface area contributed by atoms with Crippen LogP contribution in [-0.4, -0.2) is 37.0 Å². The third-order valence-corrected chi connectivity index (χ3v) is 3.09. The number of ether oxygens (including phenoxy) is 1. The van der Waals surface area contributed by atoms with E-state index in [9.17, 15) is 4.39 Å². The molecule has 0 amide bonds. The summed E-state index contributed by atoms with van der Waals surface area (Å²) in [6.07, 6.45) is 0. The molecule has 19 heavy (non-hydrogen) atoms. The second-order valence-corrected chi connectivity index (χ2v) is 4.63. The van der Waals surface area contributed by atoms with Crippen LogP contribution in [0, 0.1) is 11.2 Å². The van der Waals surface area contributed by atoms with Crippen LogP contribution in [0.4, 0.5) is 4.39 Å². The quantitative estimate of drug-likeness (QED) is 0.586. The van der Waals surface area contributed by atoms with Gasteiger partial charge >= 0.3 is 0 Å². The van der Waals surface area contributed by atoms with Gasteiger partial charge in [0, 0.05) is 25.3 Å². The van der Waals surface area contributed by atoms with E-state index in [-0.39, 0.29) is 17.7 Å². The van der Waals surface area contributed by atoms with Gasteiger partial charge in [-0.15, -0.1) is 0 Å². The van der Waals surface area contributed by atoms with E-state index in [0.29, 0.717) is 18.7 Å². The van der Waals surface area contributed by atoms with Crippen molar-refractivity contribution in [3.05, 3.63) is 35.1 Å². The lowest BCUT2D eigenvalue weighted by molar-refractivity contribution is 0.0981. The second kappa shape index (κ2) is 7.21. The van der Waals surface area contributed by atoms with Gasteiger partial charge in [0.05, 0.1) is 6.61 Å². The zero-order valence-electron chi connectivity index (χ0n) is 11.7. The van der Waals surface area contributed by atoms with Crippen LogP contribution in [0.5, 0.6) is 0 Å². The van der Waals surface area contributed by atoms with Crippen LogP contribution in [0.2, 0.25) is 0 Å². The first-order valence-electron chi connectivity index (χ1n) is 6.34. The number of nitrogens with one attached hydrogen (secondary N) is 1. The average Bonchev–Trinajstić information content (AvgIpc) is 2.35. The fourth-order valence-electron chi connectivity index (χ4n) is 2.06. The van der Waals surface area contributed by atoms with Crippen molar-refractivity contribution in [2.24, 2.45) is 5.73 Å². The van der Waals surface area contributed by atoms with E-state index in [1.165, 1.54) is 12.1 Å². The summed E-state index contributed by atoms with van der Waals surface area (Å²) in [5.74, 6) is -0.480. The number of methoxy groups -OCH3 is 1. The first kappa shape index (κ1) is 15.6. The third-order valence-electron chi connectivity index (χ3n) is 3.09. The van der Waals surface area contributed by atoms with Gasteiger partial charge in [0.1, 0.15) is 11.7 Å². The number of hydrogen-bond acceptors (Lipinski definition) is 3. The molecule has 0 saturated heterocycles. The van der Waals surface area contributed by atoms with Crippen LogP contribution in [-0.2, 0) is 11.3 Å². The summed E-state index contributed by atoms with van der Waals surface area (Å²) >= 11 is 0. The highest BCUT2D eigenvalue weighted by Crippen LogP contribution is 2.13. The molecule has 0 heterocycles. The predicted octanol–water partition coefficient (Wildman–Crippen LogP) is 1.97. The lowest BCUT2D eigenvalue weighted by Gasteiger charge is -2.27. The highest BCUT2D eigenvalue weighted by molar-refractivity contribution is 5.95. The largest absolute Gasteiger partial charge is 0.384 e. The average molecular weight is 267 g/mol. The molecule has 0 aliphatic carbocycles. The fourth-order valence-corrected chi connectivity index (χ4v) is 2.06. The molecule has 106 valence electrons. The van der Waals surface area contributed by atoms with Crippen LogP contribution >= 0.6 is 0 Å². The fraction of sp³-hybridized carbons (Fsp3) is 0.500. The molecule has 1 rings (SSSR count). The number of nitrogens with zero attached hydrogens (tertiary/aromatic N) is 1. The van der Waals surface area contributed by atoms with Gasteiger partial charge in [-0.3, -0.25) is 10.3 Å². The highest BCUT2D eigenvalue weighted by atomic mass is 19.1. The van der Waals surface area contributed by atoms with E-state index in [1.54, 1.807) is 13.2 Å². The van der Waals surface area contributed by atoms with Crippen LogP contribution in [0.1, 0.15) is 25.0 Å². The Hall–Kier alpha value is -1.46. The minimum absolute atomic E-state index is 0.117. The Labute approximate surface area is 113 Å². The molecule has 0 aromatic heterocycles. The summed E-state index contributed by atoms with van der Waals surface area (Å²) in [5, 5.41) is 7.38. The number of nitrogens with two attached hydrogens (primary N) is 1. The normalized spacial score (nSPS) is 12.7. The van der Waals surface area contributed by atoms with Gasteiger partial charge in [0.2, 0.25) is 0 Å². The maximum Gasteiger partial charge on any atom is 0.124 e. The summed E-state index contributed by atoms with van der Waals surface area (Å²) in [4.78, 5) is 2.18. The van der Waals surface area contributed by atoms with Gasteiger partial charge in [-0.25, -0.2) is 4.39 Å². The molecule has 0 aliphatic rings. The molecule has 0 fully saturated rings. The summed E-state index contributed by atoms with van der Waals surface area (Å²) in [6, 6.07) is 4.77. The number of nitrogen functional groups attached to an aromatic ring is 1. The Balaban J connectivity index is 2.87. The first-order valence-corrected chi connectivity index (χ1v) is 6.34. The number of amidine groups is 1. The molecule has 3 N–H and O–H groups in total. The number of benzene rings is 1. The van der Waals surface area contributed by atoms with Crippen molar-refractivity contribution in [1.29, 1.82) is 5.41 Å². The first-order chi connectivity index (χ1) is 8.97.